The number of nitrogens with one attached hydrogen (secondary N) is 1. The summed E-state index contributed by atoms with van der Waals surface area (Å²) in [5.74, 6) is -0.212. The maximum atomic E-state index is 13.9. The Morgan fingerprint density at radius 1 is 1.40 bits per heavy atom. The fourth-order valence-corrected chi connectivity index (χ4v) is 3.49. The van der Waals surface area contributed by atoms with Crippen molar-refractivity contribution in [2.45, 2.75) is 33.2 Å². The highest BCUT2D eigenvalue weighted by molar-refractivity contribution is 7.11. The quantitative estimate of drug-likeness (QED) is 0.882. The SMILES string of the molecule is CCNC(Cc1cc(Cl)ccc1F)c1sc(C)nc1C. The molecule has 0 amide bonds. The van der Waals surface area contributed by atoms with E-state index in [-0.39, 0.29) is 11.9 Å². The number of hydrogen-bond donors (Lipinski definition) is 1. The van der Waals surface area contributed by atoms with Crippen molar-refractivity contribution in [1.82, 2.24) is 10.3 Å². The van der Waals surface area contributed by atoms with E-state index in [0.717, 1.165) is 17.2 Å². The molecule has 0 bridgehead atoms. The molecule has 2 rings (SSSR count). The molecule has 0 aliphatic carbocycles. The second-order valence-electron chi connectivity index (χ2n) is 4.73. The Morgan fingerprint density at radius 3 is 2.75 bits per heavy atom. The van der Waals surface area contributed by atoms with Crippen molar-refractivity contribution in [2.24, 2.45) is 0 Å². The zero-order chi connectivity index (χ0) is 14.7. The highest BCUT2D eigenvalue weighted by Crippen LogP contribution is 2.29. The van der Waals surface area contributed by atoms with Crippen molar-refractivity contribution in [2.75, 3.05) is 6.54 Å². The number of benzene rings is 1. The summed E-state index contributed by atoms with van der Waals surface area (Å²) in [6, 6.07) is 4.76. The summed E-state index contributed by atoms with van der Waals surface area (Å²) in [7, 11) is 0. The van der Waals surface area contributed by atoms with Crippen LogP contribution in [0.2, 0.25) is 5.02 Å². The summed E-state index contributed by atoms with van der Waals surface area (Å²) in [6.45, 7) is 6.86. The molecule has 1 atom stereocenters. The monoisotopic (exact) mass is 312 g/mol. The lowest BCUT2D eigenvalue weighted by Gasteiger charge is -2.17. The van der Waals surface area contributed by atoms with Gasteiger partial charge in [0.1, 0.15) is 5.82 Å². The number of hydrogen-bond acceptors (Lipinski definition) is 3. The average Bonchev–Trinajstić information content (AvgIpc) is 2.72. The van der Waals surface area contributed by atoms with Crippen LogP contribution in [0, 0.1) is 19.7 Å². The van der Waals surface area contributed by atoms with E-state index in [2.05, 4.69) is 10.3 Å². The summed E-state index contributed by atoms with van der Waals surface area (Å²) in [4.78, 5) is 5.62. The maximum absolute atomic E-state index is 13.9. The van der Waals surface area contributed by atoms with E-state index < -0.39 is 0 Å². The van der Waals surface area contributed by atoms with Crippen LogP contribution < -0.4 is 5.32 Å². The molecule has 0 spiro atoms. The van der Waals surface area contributed by atoms with Gasteiger partial charge in [-0.15, -0.1) is 11.3 Å². The van der Waals surface area contributed by atoms with Crippen molar-refractivity contribution >= 4 is 22.9 Å². The smallest absolute Gasteiger partial charge is 0.126 e. The Kier molecular flexibility index (Phi) is 5.13. The third-order valence-electron chi connectivity index (χ3n) is 3.14. The highest BCUT2D eigenvalue weighted by Gasteiger charge is 2.19. The zero-order valence-corrected chi connectivity index (χ0v) is 13.4. The lowest BCUT2D eigenvalue weighted by Crippen LogP contribution is -2.23. The molecule has 0 saturated heterocycles. The van der Waals surface area contributed by atoms with Gasteiger partial charge in [0.2, 0.25) is 0 Å². The van der Waals surface area contributed by atoms with Crippen molar-refractivity contribution in [3.63, 3.8) is 0 Å². The van der Waals surface area contributed by atoms with Crippen molar-refractivity contribution in [3.8, 4) is 0 Å². The standard InChI is InChI=1S/C15H18ClFN2S/c1-4-18-14(15-9(2)19-10(3)20-15)8-11-7-12(16)5-6-13(11)17/h5-7,14,18H,4,8H2,1-3H3. The molecule has 2 aromatic rings. The van der Waals surface area contributed by atoms with E-state index in [0.29, 0.717) is 17.0 Å². The summed E-state index contributed by atoms with van der Waals surface area (Å²) in [5, 5.41) is 5.01. The molecule has 0 aliphatic rings. The van der Waals surface area contributed by atoms with E-state index in [4.69, 9.17) is 11.6 Å². The van der Waals surface area contributed by atoms with Gasteiger partial charge in [0.15, 0.2) is 0 Å². The Balaban J connectivity index is 2.30. The molecule has 0 radical (unpaired) electrons. The van der Waals surface area contributed by atoms with Crippen LogP contribution in [0.1, 0.15) is 34.1 Å². The van der Waals surface area contributed by atoms with Gasteiger partial charge in [0.25, 0.3) is 0 Å². The van der Waals surface area contributed by atoms with Gasteiger partial charge in [0, 0.05) is 15.9 Å². The number of aryl methyl sites for hydroxylation is 2. The number of thiazole rings is 1. The van der Waals surface area contributed by atoms with Gasteiger partial charge in [-0.25, -0.2) is 9.37 Å². The minimum absolute atomic E-state index is 0.0687. The van der Waals surface area contributed by atoms with E-state index >= 15 is 0 Å². The third kappa shape index (κ3) is 3.57. The molecule has 0 saturated carbocycles. The molecule has 108 valence electrons. The first-order valence-corrected chi connectivity index (χ1v) is 7.82. The first-order chi connectivity index (χ1) is 9.51. The minimum Gasteiger partial charge on any atom is -0.309 e. The largest absolute Gasteiger partial charge is 0.309 e. The second kappa shape index (κ2) is 6.66. The summed E-state index contributed by atoms with van der Waals surface area (Å²) in [5.41, 5.74) is 1.65. The molecule has 0 fully saturated rings. The van der Waals surface area contributed by atoms with Crippen LogP contribution in [0.5, 0.6) is 0 Å². The zero-order valence-electron chi connectivity index (χ0n) is 11.8. The normalized spacial score (nSPS) is 12.7. The number of halogens is 2. The Bertz CT molecular complexity index is 598. The molecule has 0 aliphatic heterocycles. The molecule has 20 heavy (non-hydrogen) atoms. The molecule has 1 aromatic heterocycles. The van der Waals surface area contributed by atoms with Crippen LogP contribution in [-0.2, 0) is 6.42 Å². The first-order valence-electron chi connectivity index (χ1n) is 6.62. The fraction of sp³-hybridized carbons (Fsp3) is 0.400. The van der Waals surface area contributed by atoms with Gasteiger partial charge in [-0.3, -0.25) is 0 Å². The second-order valence-corrected chi connectivity index (χ2v) is 6.40. The van der Waals surface area contributed by atoms with Crippen LogP contribution in [0.3, 0.4) is 0 Å². The lowest BCUT2D eigenvalue weighted by molar-refractivity contribution is 0.532. The van der Waals surface area contributed by atoms with Crippen LogP contribution >= 0.6 is 22.9 Å². The minimum atomic E-state index is -0.212. The molecular weight excluding hydrogens is 295 g/mol. The molecule has 1 N–H and O–H groups in total. The number of nitrogens with zero attached hydrogens (tertiary/aromatic N) is 1. The Hall–Kier alpha value is -0.970. The number of likely N-dealkylation sites (N-methyl/N-ethyl adjacent to an activating group) is 1. The predicted molar refractivity (Wildman–Crippen MR) is 83.1 cm³/mol. The van der Waals surface area contributed by atoms with Gasteiger partial charge < -0.3 is 5.32 Å². The van der Waals surface area contributed by atoms with Gasteiger partial charge in [-0.2, -0.15) is 0 Å². The van der Waals surface area contributed by atoms with Crippen LogP contribution in [0.4, 0.5) is 4.39 Å². The van der Waals surface area contributed by atoms with E-state index in [1.165, 1.54) is 10.9 Å². The van der Waals surface area contributed by atoms with E-state index in [1.54, 1.807) is 23.5 Å². The molecule has 1 aromatic carbocycles. The topological polar surface area (TPSA) is 24.9 Å². The van der Waals surface area contributed by atoms with Crippen molar-refractivity contribution in [1.29, 1.82) is 0 Å². The van der Waals surface area contributed by atoms with Gasteiger partial charge in [-0.05, 0) is 50.6 Å². The summed E-state index contributed by atoms with van der Waals surface area (Å²) in [6.07, 6.45) is 0.572. The Morgan fingerprint density at radius 2 is 2.15 bits per heavy atom. The molecular formula is C15H18ClFN2S. The highest BCUT2D eigenvalue weighted by atomic mass is 35.5. The van der Waals surface area contributed by atoms with Gasteiger partial charge in [-0.1, -0.05) is 18.5 Å². The first kappa shape index (κ1) is 15.4. The van der Waals surface area contributed by atoms with Gasteiger partial charge in [0.05, 0.1) is 10.7 Å². The fourth-order valence-electron chi connectivity index (χ4n) is 2.29. The third-order valence-corrected chi connectivity index (χ3v) is 4.56. The molecule has 5 heteroatoms. The summed E-state index contributed by atoms with van der Waals surface area (Å²) >= 11 is 7.62. The summed E-state index contributed by atoms with van der Waals surface area (Å²) < 4.78 is 13.9. The average molecular weight is 313 g/mol. The Labute approximate surface area is 128 Å². The predicted octanol–water partition coefficient (Wildman–Crippen LogP) is 4.45. The molecule has 2 nitrogen and oxygen atoms in total. The van der Waals surface area contributed by atoms with E-state index in [1.807, 2.05) is 20.8 Å². The van der Waals surface area contributed by atoms with Gasteiger partial charge >= 0.3 is 0 Å². The van der Waals surface area contributed by atoms with Crippen LogP contribution in [0.25, 0.3) is 0 Å². The van der Waals surface area contributed by atoms with Crippen molar-refractivity contribution < 1.29 is 4.39 Å². The molecule has 1 unspecified atom stereocenters. The number of rotatable bonds is 5. The lowest BCUT2D eigenvalue weighted by atomic mass is 10.0. The number of aromatic nitrogens is 1. The maximum Gasteiger partial charge on any atom is 0.126 e. The van der Waals surface area contributed by atoms with Crippen LogP contribution in [-0.4, -0.2) is 11.5 Å². The van der Waals surface area contributed by atoms with Crippen LogP contribution in [0.15, 0.2) is 18.2 Å². The molecule has 1 heterocycles. The van der Waals surface area contributed by atoms with Crippen molar-refractivity contribution in [3.05, 3.63) is 50.2 Å². The van der Waals surface area contributed by atoms with E-state index in [9.17, 15) is 4.39 Å².